The third-order valence-corrected chi connectivity index (χ3v) is 2.25. The molecule has 1 atom stereocenters. The highest BCUT2D eigenvalue weighted by Gasteiger charge is 2.17. The second-order valence-corrected chi connectivity index (χ2v) is 6.67. The third kappa shape index (κ3) is 9.88. The van der Waals surface area contributed by atoms with E-state index in [1.807, 2.05) is 0 Å². The second-order valence-electron chi connectivity index (χ2n) is 6.67. The highest BCUT2D eigenvalue weighted by atomic mass is 15.3. The van der Waals surface area contributed by atoms with Gasteiger partial charge < -0.3 is 4.48 Å². The predicted octanol–water partition coefficient (Wildman–Crippen LogP) is 3.16. The Bertz CT molecular complexity index is 136. The molecule has 0 fully saturated rings. The van der Waals surface area contributed by atoms with Gasteiger partial charge in [0.05, 0.1) is 27.7 Å². The maximum atomic E-state index is 2.38. The van der Waals surface area contributed by atoms with Gasteiger partial charge in [-0.2, -0.15) is 0 Å². The highest BCUT2D eigenvalue weighted by Crippen LogP contribution is 2.26. The lowest BCUT2D eigenvalue weighted by molar-refractivity contribution is -0.870. The molecule has 0 rings (SSSR count). The standard InChI is InChI=1S/C12H28N/c1-11(10-12(2,3)4)8-9-13(5,6)7/h11H,8-10H2,1-7H3/q+1. The summed E-state index contributed by atoms with van der Waals surface area (Å²) in [6.45, 7) is 10.7. The van der Waals surface area contributed by atoms with Gasteiger partial charge in [-0.25, -0.2) is 0 Å². The maximum Gasteiger partial charge on any atom is 0.0783 e. The summed E-state index contributed by atoms with van der Waals surface area (Å²) in [4.78, 5) is 0. The molecule has 0 N–H and O–H groups in total. The van der Waals surface area contributed by atoms with Crippen molar-refractivity contribution < 1.29 is 4.48 Å². The van der Waals surface area contributed by atoms with Crippen molar-refractivity contribution in [3.8, 4) is 0 Å². The largest absolute Gasteiger partial charge is 0.331 e. The van der Waals surface area contributed by atoms with Crippen LogP contribution in [0.5, 0.6) is 0 Å². The van der Waals surface area contributed by atoms with Gasteiger partial charge in [-0.3, -0.25) is 0 Å². The molecule has 0 amide bonds. The molecule has 0 heterocycles. The third-order valence-electron chi connectivity index (χ3n) is 2.25. The Morgan fingerprint density at radius 2 is 1.54 bits per heavy atom. The minimum Gasteiger partial charge on any atom is -0.331 e. The minimum atomic E-state index is 0.490. The topological polar surface area (TPSA) is 0 Å². The van der Waals surface area contributed by atoms with Crippen molar-refractivity contribution in [3.63, 3.8) is 0 Å². The fourth-order valence-corrected chi connectivity index (χ4v) is 1.76. The summed E-state index contributed by atoms with van der Waals surface area (Å²) in [5.74, 6) is 0.859. The average Bonchev–Trinajstić information content (AvgIpc) is 1.78. The Kier molecular flexibility index (Phi) is 4.44. The van der Waals surface area contributed by atoms with Crippen molar-refractivity contribution >= 4 is 0 Å². The lowest BCUT2D eigenvalue weighted by Crippen LogP contribution is -2.36. The smallest absolute Gasteiger partial charge is 0.0783 e. The van der Waals surface area contributed by atoms with Crippen LogP contribution >= 0.6 is 0 Å². The van der Waals surface area contributed by atoms with E-state index in [-0.39, 0.29) is 0 Å². The van der Waals surface area contributed by atoms with Gasteiger partial charge in [-0.1, -0.05) is 27.7 Å². The van der Waals surface area contributed by atoms with E-state index >= 15 is 0 Å². The number of rotatable bonds is 4. The van der Waals surface area contributed by atoms with Crippen LogP contribution < -0.4 is 0 Å². The van der Waals surface area contributed by atoms with Gasteiger partial charge in [-0.05, 0) is 24.2 Å². The van der Waals surface area contributed by atoms with Crippen LogP contribution in [0.15, 0.2) is 0 Å². The first-order valence-electron chi connectivity index (χ1n) is 5.41. The van der Waals surface area contributed by atoms with Crippen LogP contribution in [0.3, 0.4) is 0 Å². The molecule has 0 aromatic rings. The summed E-state index contributed by atoms with van der Waals surface area (Å²) in [6, 6.07) is 0. The normalized spacial score (nSPS) is 15.9. The monoisotopic (exact) mass is 186 g/mol. The molecule has 0 aromatic carbocycles. The van der Waals surface area contributed by atoms with Crippen LogP contribution in [0.25, 0.3) is 0 Å². The van der Waals surface area contributed by atoms with E-state index < -0.39 is 0 Å². The number of hydrogen-bond donors (Lipinski definition) is 0. The first-order chi connectivity index (χ1) is 5.60. The van der Waals surface area contributed by atoms with Gasteiger partial charge in [-0.15, -0.1) is 0 Å². The first kappa shape index (κ1) is 13.0. The molecule has 0 saturated heterocycles. The Morgan fingerprint density at radius 3 is 1.85 bits per heavy atom. The van der Waals surface area contributed by atoms with Crippen molar-refractivity contribution in [2.45, 2.75) is 40.5 Å². The van der Waals surface area contributed by atoms with Crippen molar-refractivity contribution in [2.75, 3.05) is 27.7 Å². The van der Waals surface area contributed by atoms with E-state index in [1.165, 1.54) is 19.4 Å². The summed E-state index contributed by atoms with van der Waals surface area (Å²) >= 11 is 0. The quantitative estimate of drug-likeness (QED) is 0.592. The van der Waals surface area contributed by atoms with Crippen LogP contribution in [0, 0.1) is 11.3 Å². The van der Waals surface area contributed by atoms with E-state index in [1.54, 1.807) is 0 Å². The summed E-state index contributed by atoms with van der Waals surface area (Å²) in [7, 11) is 6.80. The number of hydrogen-bond acceptors (Lipinski definition) is 0. The zero-order valence-corrected chi connectivity index (χ0v) is 10.6. The molecule has 0 aliphatic carbocycles. The van der Waals surface area contributed by atoms with Gasteiger partial charge in [0.2, 0.25) is 0 Å². The predicted molar refractivity (Wildman–Crippen MR) is 60.8 cm³/mol. The van der Waals surface area contributed by atoms with E-state index in [2.05, 4.69) is 48.8 Å². The molecule has 0 aliphatic heterocycles. The molecular weight excluding hydrogens is 158 g/mol. The van der Waals surface area contributed by atoms with Gasteiger partial charge in [0.1, 0.15) is 0 Å². The molecule has 1 unspecified atom stereocenters. The van der Waals surface area contributed by atoms with Crippen LogP contribution in [0.4, 0.5) is 0 Å². The van der Waals surface area contributed by atoms with Gasteiger partial charge in [0.15, 0.2) is 0 Å². The Balaban J connectivity index is 3.70. The van der Waals surface area contributed by atoms with Crippen molar-refractivity contribution in [3.05, 3.63) is 0 Å². The lowest BCUT2D eigenvalue weighted by atomic mass is 9.84. The fourth-order valence-electron chi connectivity index (χ4n) is 1.76. The molecular formula is C12H28N+. The zero-order valence-electron chi connectivity index (χ0n) is 10.6. The molecule has 13 heavy (non-hydrogen) atoms. The van der Waals surface area contributed by atoms with Crippen LogP contribution in [0.2, 0.25) is 0 Å². The van der Waals surface area contributed by atoms with Crippen LogP contribution in [-0.4, -0.2) is 32.2 Å². The number of quaternary nitrogens is 1. The van der Waals surface area contributed by atoms with Gasteiger partial charge in [0, 0.05) is 0 Å². The van der Waals surface area contributed by atoms with E-state index in [4.69, 9.17) is 0 Å². The fraction of sp³-hybridized carbons (Fsp3) is 1.00. The van der Waals surface area contributed by atoms with Crippen molar-refractivity contribution in [1.82, 2.24) is 0 Å². The first-order valence-corrected chi connectivity index (χ1v) is 5.41. The molecule has 0 radical (unpaired) electrons. The molecule has 0 bridgehead atoms. The Hall–Kier alpha value is -0.0400. The SMILES string of the molecule is CC(CC[N+](C)(C)C)CC(C)(C)C. The maximum absolute atomic E-state index is 2.38. The molecule has 0 aliphatic rings. The molecule has 0 aromatic heterocycles. The summed E-state index contributed by atoms with van der Waals surface area (Å²) in [6.07, 6.45) is 2.69. The molecule has 80 valence electrons. The summed E-state index contributed by atoms with van der Waals surface area (Å²) < 4.78 is 1.09. The summed E-state index contributed by atoms with van der Waals surface area (Å²) in [5, 5.41) is 0. The molecule has 0 saturated carbocycles. The van der Waals surface area contributed by atoms with Crippen molar-refractivity contribution in [1.29, 1.82) is 0 Å². The zero-order chi connectivity index (χ0) is 10.7. The van der Waals surface area contributed by atoms with Crippen LogP contribution in [0.1, 0.15) is 40.5 Å². The minimum absolute atomic E-state index is 0.490. The lowest BCUT2D eigenvalue weighted by Gasteiger charge is -2.28. The van der Waals surface area contributed by atoms with E-state index in [9.17, 15) is 0 Å². The summed E-state index contributed by atoms with van der Waals surface area (Å²) in [5.41, 5.74) is 0.490. The molecule has 1 heteroatoms. The second kappa shape index (κ2) is 4.45. The molecule has 0 spiro atoms. The Labute approximate surface area is 84.7 Å². The molecule has 1 nitrogen and oxygen atoms in total. The highest BCUT2D eigenvalue weighted by molar-refractivity contribution is 4.65. The van der Waals surface area contributed by atoms with Crippen LogP contribution in [-0.2, 0) is 0 Å². The Morgan fingerprint density at radius 1 is 1.08 bits per heavy atom. The van der Waals surface area contributed by atoms with Gasteiger partial charge in [0.25, 0.3) is 0 Å². The average molecular weight is 186 g/mol. The van der Waals surface area contributed by atoms with Crippen molar-refractivity contribution in [2.24, 2.45) is 11.3 Å². The number of nitrogens with zero attached hydrogens (tertiary/aromatic N) is 1. The van der Waals surface area contributed by atoms with E-state index in [0.717, 1.165) is 10.4 Å². The van der Waals surface area contributed by atoms with E-state index in [0.29, 0.717) is 5.41 Å². The van der Waals surface area contributed by atoms with Gasteiger partial charge >= 0.3 is 0 Å².